The van der Waals surface area contributed by atoms with E-state index in [4.69, 9.17) is 16.3 Å². The lowest BCUT2D eigenvalue weighted by Gasteiger charge is -2.28. The summed E-state index contributed by atoms with van der Waals surface area (Å²) < 4.78 is 5.49. The average molecular weight is 446 g/mol. The first-order chi connectivity index (χ1) is 14.7. The van der Waals surface area contributed by atoms with Crippen LogP contribution >= 0.6 is 11.6 Å². The van der Waals surface area contributed by atoms with Crippen LogP contribution in [-0.4, -0.2) is 50.5 Å². The number of methoxy groups -OCH3 is 1. The monoisotopic (exact) mass is 445 g/mol. The second-order valence-electron chi connectivity index (χ2n) is 8.13. The summed E-state index contributed by atoms with van der Waals surface area (Å²) >= 11 is 5.90. The standard InChI is InChI=1S/C24H32ClN3O3/c1-16(2)14-20(27-23(29)17-10-12-18(25)13-11-17)24(30)26-15-21(28(3)4)19-8-6-7-9-22(19)31-5/h6-13,16,20-21H,14-15H2,1-5H3,(H,26,30)(H,27,29). The Morgan fingerprint density at radius 3 is 2.29 bits per heavy atom. The number of likely N-dealkylation sites (N-methyl/N-ethyl adjacent to an activating group) is 1. The molecule has 0 spiro atoms. The number of para-hydroxylation sites is 1. The molecular weight excluding hydrogens is 414 g/mol. The molecule has 6 nitrogen and oxygen atoms in total. The Kier molecular flexibility index (Phi) is 9.34. The number of halogens is 1. The lowest BCUT2D eigenvalue weighted by atomic mass is 10.0. The van der Waals surface area contributed by atoms with E-state index in [1.54, 1.807) is 31.4 Å². The molecule has 0 saturated carbocycles. The number of rotatable bonds is 10. The fourth-order valence-corrected chi connectivity index (χ4v) is 3.50. The summed E-state index contributed by atoms with van der Waals surface area (Å²) in [5.41, 5.74) is 1.45. The van der Waals surface area contributed by atoms with Gasteiger partial charge in [0.15, 0.2) is 0 Å². The minimum absolute atomic E-state index is 0.0771. The number of nitrogens with one attached hydrogen (secondary N) is 2. The molecule has 0 radical (unpaired) electrons. The molecule has 7 heteroatoms. The number of carbonyl (C=O) groups excluding carboxylic acids is 2. The van der Waals surface area contributed by atoms with Gasteiger partial charge in [0.25, 0.3) is 5.91 Å². The van der Waals surface area contributed by atoms with Gasteiger partial charge >= 0.3 is 0 Å². The van der Waals surface area contributed by atoms with Gasteiger partial charge in [-0.1, -0.05) is 43.6 Å². The van der Waals surface area contributed by atoms with Crippen LogP contribution in [0.25, 0.3) is 0 Å². The predicted molar refractivity (Wildman–Crippen MR) is 125 cm³/mol. The lowest BCUT2D eigenvalue weighted by Crippen LogP contribution is -2.49. The van der Waals surface area contributed by atoms with Crippen LogP contribution in [0, 0.1) is 5.92 Å². The topological polar surface area (TPSA) is 70.7 Å². The van der Waals surface area contributed by atoms with Gasteiger partial charge in [-0.2, -0.15) is 0 Å². The maximum absolute atomic E-state index is 13.0. The zero-order valence-corrected chi connectivity index (χ0v) is 19.6. The lowest BCUT2D eigenvalue weighted by molar-refractivity contribution is -0.123. The second-order valence-corrected chi connectivity index (χ2v) is 8.57. The third-order valence-electron chi connectivity index (χ3n) is 5.03. The van der Waals surface area contributed by atoms with Crippen molar-refractivity contribution < 1.29 is 14.3 Å². The van der Waals surface area contributed by atoms with Crippen LogP contribution in [0.2, 0.25) is 5.02 Å². The normalized spacial score (nSPS) is 13.0. The summed E-state index contributed by atoms with van der Waals surface area (Å²) in [4.78, 5) is 27.7. The van der Waals surface area contributed by atoms with E-state index in [9.17, 15) is 9.59 Å². The van der Waals surface area contributed by atoms with Gasteiger partial charge in [-0.05, 0) is 56.8 Å². The summed E-state index contributed by atoms with van der Waals surface area (Å²) in [5, 5.41) is 6.43. The van der Waals surface area contributed by atoms with Crippen molar-refractivity contribution in [2.75, 3.05) is 27.7 Å². The minimum Gasteiger partial charge on any atom is -0.496 e. The van der Waals surface area contributed by atoms with Crippen LogP contribution < -0.4 is 15.4 Å². The van der Waals surface area contributed by atoms with Gasteiger partial charge in [-0.25, -0.2) is 0 Å². The number of hydrogen-bond acceptors (Lipinski definition) is 4. The van der Waals surface area contributed by atoms with Crippen molar-refractivity contribution in [2.45, 2.75) is 32.4 Å². The van der Waals surface area contributed by atoms with Gasteiger partial charge < -0.3 is 20.3 Å². The molecule has 2 N–H and O–H groups in total. The van der Waals surface area contributed by atoms with Crippen LogP contribution in [-0.2, 0) is 4.79 Å². The van der Waals surface area contributed by atoms with E-state index in [2.05, 4.69) is 10.6 Å². The summed E-state index contributed by atoms with van der Waals surface area (Å²) in [7, 11) is 5.55. The number of benzene rings is 2. The molecule has 2 unspecified atom stereocenters. The van der Waals surface area contributed by atoms with Crippen LogP contribution in [0.15, 0.2) is 48.5 Å². The van der Waals surface area contributed by atoms with E-state index in [1.165, 1.54) is 0 Å². The highest BCUT2D eigenvalue weighted by Crippen LogP contribution is 2.27. The second kappa shape index (κ2) is 11.7. The van der Waals surface area contributed by atoms with Gasteiger partial charge in [0.1, 0.15) is 11.8 Å². The highest BCUT2D eigenvalue weighted by molar-refractivity contribution is 6.30. The van der Waals surface area contributed by atoms with Crippen molar-refractivity contribution in [3.8, 4) is 5.75 Å². The van der Waals surface area contributed by atoms with Crippen molar-refractivity contribution in [3.05, 3.63) is 64.7 Å². The molecule has 168 valence electrons. The first-order valence-corrected chi connectivity index (χ1v) is 10.7. The van der Waals surface area contributed by atoms with Crippen molar-refractivity contribution in [2.24, 2.45) is 5.92 Å². The highest BCUT2D eigenvalue weighted by atomic mass is 35.5. The fraction of sp³-hybridized carbons (Fsp3) is 0.417. The summed E-state index contributed by atoms with van der Waals surface area (Å²) in [6.45, 7) is 4.43. The van der Waals surface area contributed by atoms with E-state index in [1.807, 2.05) is 57.1 Å². The predicted octanol–water partition coefficient (Wildman–Crippen LogP) is 3.91. The molecule has 0 aliphatic carbocycles. The van der Waals surface area contributed by atoms with Gasteiger partial charge in [-0.3, -0.25) is 9.59 Å². The van der Waals surface area contributed by atoms with E-state index in [-0.39, 0.29) is 23.8 Å². The number of hydrogen-bond donors (Lipinski definition) is 2. The van der Waals surface area contributed by atoms with Crippen LogP contribution in [0.5, 0.6) is 5.75 Å². The zero-order chi connectivity index (χ0) is 23.0. The molecule has 0 saturated heterocycles. The molecule has 2 amide bonds. The first-order valence-electron chi connectivity index (χ1n) is 10.4. The number of amides is 2. The summed E-state index contributed by atoms with van der Waals surface area (Å²) in [5.74, 6) is 0.495. The fourth-order valence-electron chi connectivity index (χ4n) is 3.38. The van der Waals surface area contributed by atoms with Crippen molar-refractivity contribution >= 4 is 23.4 Å². The SMILES string of the molecule is COc1ccccc1C(CNC(=O)C(CC(C)C)NC(=O)c1ccc(Cl)cc1)N(C)C. The van der Waals surface area contributed by atoms with E-state index < -0.39 is 6.04 Å². The van der Waals surface area contributed by atoms with Crippen LogP contribution in [0.1, 0.15) is 42.2 Å². The van der Waals surface area contributed by atoms with Gasteiger partial charge in [0, 0.05) is 22.7 Å². The minimum atomic E-state index is -0.636. The Hall–Kier alpha value is -2.57. The van der Waals surface area contributed by atoms with E-state index in [0.717, 1.165) is 11.3 Å². The number of ether oxygens (including phenoxy) is 1. The Morgan fingerprint density at radius 2 is 1.71 bits per heavy atom. The summed E-state index contributed by atoms with van der Waals surface area (Å²) in [6.07, 6.45) is 0.534. The maximum atomic E-state index is 13.0. The molecule has 0 aliphatic rings. The third-order valence-corrected chi connectivity index (χ3v) is 5.28. The Bertz CT molecular complexity index is 869. The molecule has 31 heavy (non-hydrogen) atoms. The maximum Gasteiger partial charge on any atom is 0.251 e. The van der Waals surface area contributed by atoms with Gasteiger partial charge in [-0.15, -0.1) is 0 Å². The van der Waals surface area contributed by atoms with Crippen molar-refractivity contribution in [3.63, 3.8) is 0 Å². The smallest absolute Gasteiger partial charge is 0.251 e. The first kappa shape index (κ1) is 24.7. The molecule has 2 aromatic carbocycles. The molecule has 2 aromatic rings. The largest absolute Gasteiger partial charge is 0.496 e. The quantitative estimate of drug-likeness (QED) is 0.581. The van der Waals surface area contributed by atoms with Gasteiger partial charge in [0.05, 0.1) is 13.2 Å². The molecule has 2 atom stereocenters. The van der Waals surface area contributed by atoms with Crippen molar-refractivity contribution in [1.82, 2.24) is 15.5 Å². The van der Waals surface area contributed by atoms with Crippen LogP contribution in [0.4, 0.5) is 0 Å². The van der Waals surface area contributed by atoms with Crippen LogP contribution in [0.3, 0.4) is 0 Å². The average Bonchev–Trinajstić information content (AvgIpc) is 2.73. The molecular formula is C24H32ClN3O3. The molecule has 0 fully saturated rings. The Labute approximate surface area is 189 Å². The molecule has 2 rings (SSSR count). The zero-order valence-electron chi connectivity index (χ0n) is 18.8. The Balaban J connectivity index is 2.11. The van der Waals surface area contributed by atoms with E-state index in [0.29, 0.717) is 23.6 Å². The van der Waals surface area contributed by atoms with Crippen molar-refractivity contribution in [1.29, 1.82) is 0 Å². The molecule has 0 heterocycles. The molecule has 0 aromatic heterocycles. The summed E-state index contributed by atoms with van der Waals surface area (Å²) in [6, 6.07) is 13.6. The molecule has 0 bridgehead atoms. The van der Waals surface area contributed by atoms with E-state index >= 15 is 0 Å². The Morgan fingerprint density at radius 1 is 1.06 bits per heavy atom. The third kappa shape index (κ3) is 7.26. The molecule has 0 aliphatic heterocycles. The number of nitrogens with zero attached hydrogens (tertiary/aromatic N) is 1. The van der Waals surface area contributed by atoms with Gasteiger partial charge in [0.2, 0.25) is 5.91 Å². The number of carbonyl (C=O) groups is 2. The highest BCUT2D eigenvalue weighted by Gasteiger charge is 2.25.